The molecule has 5 aliphatic heterocycles. The molecule has 5 fully saturated rings. The van der Waals surface area contributed by atoms with Crippen molar-refractivity contribution in [1.29, 1.82) is 0 Å². The smallest absolute Gasteiger partial charge is 0.308 e. The predicted octanol–water partition coefficient (Wildman–Crippen LogP) is 6.94. The highest BCUT2D eigenvalue weighted by Crippen LogP contribution is 2.33. The Kier molecular flexibility index (Phi) is 51.1. The van der Waals surface area contributed by atoms with Crippen LogP contribution in [-0.4, -0.2) is 280 Å². The van der Waals surface area contributed by atoms with Gasteiger partial charge in [-0.3, -0.25) is 9.59 Å². The van der Waals surface area contributed by atoms with E-state index in [0.717, 1.165) is 193 Å². The summed E-state index contributed by atoms with van der Waals surface area (Å²) in [7, 11) is 0. The molecule has 26 atom stereocenters. The van der Waals surface area contributed by atoms with Crippen molar-refractivity contribution in [2.45, 2.75) is 475 Å². The highest BCUT2D eigenvalue weighted by Gasteiger charge is 2.50. The topological polar surface area (TPSA) is 450 Å². The fraction of sp³-hybridized carbons (Fsp3) is 0.975. The monoisotopic (exact) mass is 1570 g/mol. The maximum atomic E-state index is 13.6. The molecule has 4 bridgehead atoms. The quantitative estimate of drug-likeness (QED) is 0.0216. The standard InChI is InChI=1S/C81H150O28/c1-54(84)40-32-25-19-13-7-3-4-8-14-20-26-34-42-56(102-78-74(96)70(92)66(88)60(50-82)106-78)43-35-27-21-15-9-5-11-17-23-29-37-46-58-48-64(86)100-52-63-69(91)73(95)77(99)81(109-63)105-59(49-65(87)101-53-62-68(90)72(94)76(98)80(104-58)108-62)47-38-30-24-18-12-6-10-16-22-28-36-44-57(45-39-31-33-41-55(2)85)103-79-75(97)71(93)67(89)61(51-83)107-79/h54-63,66-85,88-99H,3-53H2,1-2H3/t54?,55?,56?,57?,58?,59?,60-,61-,62-,63-,66-,67-,68+,69-,70+,71+,72-,73+,74-,75-,76+,77-,78-,79-,80-,81-/m1/s1. The zero-order chi connectivity index (χ0) is 79.3. The molecular weight excluding hydrogens is 1420 g/mol. The zero-order valence-electron chi connectivity index (χ0n) is 66.1. The Labute approximate surface area is 649 Å². The van der Waals surface area contributed by atoms with Gasteiger partial charge >= 0.3 is 11.9 Å². The third-order valence-corrected chi connectivity index (χ3v) is 22.6. The summed E-state index contributed by atoms with van der Waals surface area (Å²) in [5.41, 5.74) is 0. The lowest BCUT2D eigenvalue weighted by atomic mass is 9.98. The molecule has 0 aliphatic carbocycles. The Morgan fingerprint density at radius 2 is 0.550 bits per heavy atom. The molecular formula is C81H150O28. The number of aliphatic hydroxyl groups excluding tert-OH is 16. The summed E-state index contributed by atoms with van der Waals surface area (Å²) in [6, 6.07) is 0. The van der Waals surface area contributed by atoms with Gasteiger partial charge in [0.15, 0.2) is 25.2 Å². The molecule has 5 rings (SSSR count). The second-order valence-corrected chi connectivity index (χ2v) is 32.3. The molecule has 0 spiro atoms. The van der Waals surface area contributed by atoms with Gasteiger partial charge in [-0.05, 0) is 65.2 Å². The third-order valence-electron chi connectivity index (χ3n) is 22.6. The average Bonchev–Trinajstić information content (AvgIpc) is 0.814. The van der Waals surface area contributed by atoms with Crippen molar-refractivity contribution in [3.8, 4) is 0 Å². The van der Waals surface area contributed by atoms with Gasteiger partial charge in [-0.2, -0.15) is 0 Å². The van der Waals surface area contributed by atoms with Crippen molar-refractivity contribution in [2.24, 2.45) is 0 Å². The van der Waals surface area contributed by atoms with Gasteiger partial charge < -0.3 is 129 Å². The molecule has 5 saturated heterocycles. The minimum Gasteiger partial charge on any atom is -0.463 e. The largest absolute Gasteiger partial charge is 0.463 e. The SMILES string of the molecule is CC(O)CCCCCCCCCCCCCCC(CCCCCCCCCCCCCC1CC(=O)OC[C@H]2O[C@@H](OC(CCCCCCCCCCCCCC(CCCCCC(C)O)O[C@@H]3O[C@H](CO)[C@@H](O)[C@H](O)[C@H]3O)CC(=O)OC[C@H]3O[C@@H](O1)[C@@H](O)[C@H](O)[C@H]3O)[C@H](O)[C@@H](O)[C@@H]2O)O[C@@H]1O[C@H](CO)[C@@H](O)[C@H](O)[C@H]1O. The van der Waals surface area contributed by atoms with Crippen molar-refractivity contribution in [3.63, 3.8) is 0 Å². The van der Waals surface area contributed by atoms with Crippen LogP contribution >= 0.6 is 0 Å². The molecule has 5 aliphatic rings. The Balaban J connectivity index is 0.994. The number of hydrogen-bond donors (Lipinski definition) is 16. The number of carbonyl (C=O) groups excluding carboxylic acids is 2. The van der Waals surface area contributed by atoms with Gasteiger partial charge in [0.25, 0.3) is 0 Å². The van der Waals surface area contributed by atoms with Crippen LogP contribution in [0.15, 0.2) is 0 Å². The van der Waals surface area contributed by atoms with E-state index in [9.17, 15) is 91.3 Å². The fourth-order valence-electron chi connectivity index (χ4n) is 15.5. The number of ether oxygens (including phenoxy) is 10. The molecule has 0 aromatic rings. The van der Waals surface area contributed by atoms with E-state index < -0.39 is 173 Å². The summed E-state index contributed by atoms with van der Waals surface area (Å²) >= 11 is 0. The predicted molar refractivity (Wildman–Crippen MR) is 403 cm³/mol. The Hall–Kier alpha value is -2.02. The molecule has 642 valence electrons. The summed E-state index contributed by atoms with van der Waals surface area (Å²) in [6.45, 7) is 1.47. The van der Waals surface area contributed by atoms with E-state index in [1.54, 1.807) is 6.92 Å². The van der Waals surface area contributed by atoms with Crippen molar-refractivity contribution in [1.82, 2.24) is 0 Å². The van der Waals surface area contributed by atoms with E-state index in [2.05, 4.69) is 0 Å². The van der Waals surface area contributed by atoms with Crippen LogP contribution in [0.5, 0.6) is 0 Å². The molecule has 0 amide bonds. The molecule has 28 heteroatoms. The van der Waals surface area contributed by atoms with E-state index in [-0.39, 0.29) is 37.3 Å². The zero-order valence-corrected chi connectivity index (χ0v) is 66.1. The van der Waals surface area contributed by atoms with Gasteiger partial charge in [-0.25, -0.2) is 0 Å². The van der Waals surface area contributed by atoms with Crippen LogP contribution in [0, 0.1) is 0 Å². The van der Waals surface area contributed by atoms with Crippen LogP contribution in [0.4, 0.5) is 0 Å². The van der Waals surface area contributed by atoms with Gasteiger partial charge in [-0.15, -0.1) is 0 Å². The molecule has 6 unspecified atom stereocenters. The van der Waals surface area contributed by atoms with E-state index in [1.165, 1.54) is 51.4 Å². The number of rotatable bonds is 55. The van der Waals surface area contributed by atoms with Gasteiger partial charge in [-0.1, -0.05) is 238 Å². The third kappa shape index (κ3) is 38.3. The Bertz CT molecular complexity index is 2260. The Morgan fingerprint density at radius 3 is 0.826 bits per heavy atom. The molecule has 0 radical (unpaired) electrons. The molecule has 16 N–H and O–H groups in total. The van der Waals surface area contributed by atoms with Gasteiger partial charge in [0.1, 0.15) is 111 Å². The maximum absolute atomic E-state index is 13.6. The fourth-order valence-corrected chi connectivity index (χ4v) is 15.5. The van der Waals surface area contributed by atoms with Crippen molar-refractivity contribution < 1.29 is 139 Å². The molecule has 28 nitrogen and oxygen atoms in total. The molecule has 0 saturated carbocycles. The maximum Gasteiger partial charge on any atom is 0.308 e. The van der Waals surface area contributed by atoms with E-state index in [0.29, 0.717) is 44.9 Å². The lowest BCUT2D eigenvalue weighted by molar-refractivity contribution is -0.316. The summed E-state index contributed by atoms with van der Waals surface area (Å²) in [6.07, 6.45) is 9.66. The summed E-state index contributed by atoms with van der Waals surface area (Å²) in [4.78, 5) is 27.2. The van der Waals surface area contributed by atoms with Crippen LogP contribution in [0.2, 0.25) is 0 Å². The highest BCUT2D eigenvalue weighted by molar-refractivity contribution is 5.70. The Morgan fingerprint density at radius 1 is 0.303 bits per heavy atom. The average molecular weight is 1570 g/mol. The number of carbonyl (C=O) groups is 2. The van der Waals surface area contributed by atoms with Crippen LogP contribution in [0.25, 0.3) is 0 Å². The number of esters is 2. The minimum atomic E-state index is -1.76. The van der Waals surface area contributed by atoms with Crippen molar-refractivity contribution >= 4 is 11.9 Å². The first-order chi connectivity index (χ1) is 52.5. The summed E-state index contributed by atoms with van der Waals surface area (Å²) < 4.78 is 59.3. The van der Waals surface area contributed by atoms with Crippen LogP contribution in [0.3, 0.4) is 0 Å². The second kappa shape index (κ2) is 57.1. The van der Waals surface area contributed by atoms with Gasteiger partial charge in [0.05, 0.1) is 62.7 Å². The van der Waals surface area contributed by atoms with Crippen LogP contribution < -0.4 is 0 Å². The van der Waals surface area contributed by atoms with Gasteiger partial charge in [0.2, 0.25) is 0 Å². The van der Waals surface area contributed by atoms with E-state index in [4.69, 9.17) is 47.4 Å². The first-order valence-corrected chi connectivity index (χ1v) is 42.8. The minimum absolute atomic E-state index is 0.209. The number of hydrogen-bond acceptors (Lipinski definition) is 28. The first-order valence-electron chi connectivity index (χ1n) is 42.8. The first kappa shape index (κ1) is 97.6. The molecule has 5 heterocycles. The second-order valence-electron chi connectivity index (χ2n) is 32.3. The number of cyclic esters (lactones) is 2. The lowest BCUT2D eigenvalue weighted by Gasteiger charge is -2.42. The number of aliphatic hydroxyl groups is 16. The summed E-state index contributed by atoms with van der Waals surface area (Å²) in [5.74, 6) is -1.54. The van der Waals surface area contributed by atoms with Crippen LogP contribution in [0.1, 0.15) is 316 Å². The molecule has 109 heavy (non-hydrogen) atoms. The van der Waals surface area contributed by atoms with Crippen molar-refractivity contribution in [2.75, 3.05) is 26.4 Å². The van der Waals surface area contributed by atoms with E-state index >= 15 is 0 Å². The van der Waals surface area contributed by atoms with Crippen molar-refractivity contribution in [3.05, 3.63) is 0 Å². The van der Waals surface area contributed by atoms with E-state index in [1.807, 2.05) is 6.92 Å². The highest BCUT2D eigenvalue weighted by atomic mass is 16.7. The number of fused-ring (bicyclic) bond motifs is 4. The normalized spacial score (nSPS) is 32.9. The summed E-state index contributed by atoms with van der Waals surface area (Å²) in [5, 5.41) is 167. The van der Waals surface area contributed by atoms with Crippen LogP contribution in [-0.2, 0) is 57.0 Å². The molecule has 0 aromatic heterocycles. The molecule has 0 aromatic carbocycles. The van der Waals surface area contributed by atoms with Gasteiger partial charge in [0, 0.05) is 0 Å². The number of unbranched alkanes of at least 4 members (excludes halogenated alkanes) is 33. The lowest BCUT2D eigenvalue weighted by Crippen LogP contribution is -2.60.